The zero-order chi connectivity index (χ0) is 17.5. The summed E-state index contributed by atoms with van der Waals surface area (Å²) in [6, 6.07) is 16.9. The lowest BCUT2D eigenvalue weighted by Crippen LogP contribution is -2.23. The number of hydrogen-bond donors (Lipinski definition) is 1. The van der Waals surface area contributed by atoms with Crippen LogP contribution in [0.4, 0.5) is 0 Å². The van der Waals surface area contributed by atoms with Crippen LogP contribution < -0.4 is 10.1 Å². The molecule has 0 saturated heterocycles. The minimum Gasteiger partial charge on any atom is -0.479 e. The molecule has 0 spiro atoms. The number of benzene rings is 2. The van der Waals surface area contributed by atoms with Crippen LogP contribution in [-0.4, -0.2) is 24.0 Å². The van der Waals surface area contributed by atoms with Gasteiger partial charge in [-0.1, -0.05) is 42.2 Å². The largest absolute Gasteiger partial charge is 0.479 e. The summed E-state index contributed by atoms with van der Waals surface area (Å²) in [7, 11) is 0. The van der Waals surface area contributed by atoms with Crippen molar-refractivity contribution in [2.45, 2.75) is 0 Å². The number of nitrogens with one attached hydrogen (secondary N) is 1. The average molecular weight is 395 g/mol. The Morgan fingerprint density at radius 1 is 1.08 bits per heavy atom. The highest BCUT2D eigenvalue weighted by molar-refractivity contribution is 9.10. The standard InChI is InChI=1S/C20H15BrN2O2/c21-17-10-2-1-9-16(17)20(24)23-12-3-4-14-25-18-11-5-7-15-8-6-13-22-19(15)18/h1-2,5-11,13H,12,14H2,(H,23,24). The smallest absolute Gasteiger partial charge is 0.253 e. The highest BCUT2D eigenvalue weighted by Crippen LogP contribution is 2.22. The first-order valence-electron chi connectivity index (χ1n) is 7.71. The van der Waals surface area contributed by atoms with Gasteiger partial charge in [0.1, 0.15) is 17.9 Å². The van der Waals surface area contributed by atoms with Gasteiger partial charge in [0.15, 0.2) is 0 Å². The maximum absolute atomic E-state index is 12.0. The summed E-state index contributed by atoms with van der Waals surface area (Å²) in [5.41, 5.74) is 1.40. The second-order valence-electron chi connectivity index (χ2n) is 5.14. The zero-order valence-electron chi connectivity index (χ0n) is 13.3. The quantitative estimate of drug-likeness (QED) is 0.684. The van der Waals surface area contributed by atoms with Crippen LogP contribution >= 0.6 is 15.9 Å². The van der Waals surface area contributed by atoms with Crippen molar-refractivity contribution in [3.8, 4) is 17.6 Å². The Morgan fingerprint density at radius 3 is 2.80 bits per heavy atom. The number of hydrogen-bond acceptors (Lipinski definition) is 3. The second kappa shape index (κ2) is 8.32. The Bertz CT molecular complexity index is 955. The van der Waals surface area contributed by atoms with Crippen molar-refractivity contribution in [2.24, 2.45) is 0 Å². The molecule has 0 bridgehead atoms. The Hall–Kier alpha value is -2.84. The van der Waals surface area contributed by atoms with E-state index in [0.29, 0.717) is 11.3 Å². The molecule has 3 rings (SSSR count). The molecule has 124 valence electrons. The first-order chi connectivity index (χ1) is 12.3. The van der Waals surface area contributed by atoms with Gasteiger partial charge < -0.3 is 10.1 Å². The van der Waals surface area contributed by atoms with E-state index in [-0.39, 0.29) is 19.1 Å². The van der Waals surface area contributed by atoms with Gasteiger partial charge in [-0.05, 0) is 40.2 Å². The van der Waals surface area contributed by atoms with E-state index >= 15 is 0 Å². The summed E-state index contributed by atoms with van der Waals surface area (Å²) >= 11 is 3.35. The fourth-order valence-electron chi connectivity index (χ4n) is 2.29. The number of carbonyl (C=O) groups is 1. The summed E-state index contributed by atoms with van der Waals surface area (Å²) in [5.74, 6) is 6.31. The molecule has 0 atom stereocenters. The van der Waals surface area contributed by atoms with Crippen LogP contribution in [0, 0.1) is 11.8 Å². The lowest BCUT2D eigenvalue weighted by atomic mass is 10.2. The Labute approximate surface area is 154 Å². The van der Waals surface area contributed by atoms with Gasteiger partial charge in [0.25, 0.3) is 5.91 Å². The second-order valence-corrected chi connectivity index (χ2v) is 5.99. The van der Waals surface area contributed by atoms with Crippen molar-refractivity contribution >= 4 is 32.7 Å². The van der Waals surface area contributed by atoms with E-state index in [1.165, 1.54) is 0 Å². The predicted molar refractivity (Wildman–Crippen MR) is 101 cm³/mol. The zero-order valence-corrected chi connectivity index (χ0v) is 14.9. The lowest BCUT2D eigenvalue weighted by molar-refractivity contribution is 0.0958. The number of amides is 1. The van der Waals surface area contributed by atoms with Crippen LogP contribution in [0.5, 0.6) is 5.75 Å². The molecule has 1 aromatic heterocycles. The molecule has 2 aromatic carbocycles. The topological polar surface area (TPSA) is 51.2 Å². The number of halogens is 1. The van der Waals surface area contributed by atoms with Crippen LogP contribution in [0.1, 0.15) is 10.4 Å². The number of carbonyl (C=O) groups excluding carboxylic acids is 1. The normalized spacial score (nSPS) is 9.96. The third-order valence-electron chi connectivity index (χ3n) is 3.48. The van der Waals surface area contributed by atoms with Crippen LogP contribution in [0.2, 0.25) is 0 Å². The van der Waals surface area contributed by atoms with Gasteiger partial charge >= 0.3 is 0 Å². The van der Waals surface area contributed by atoms with E-state index < -0.39 is 0 Å². The first-order valence-corrected chi connectivity index (χ1v) is 8.50. The molecule has 1 heterocycles. The first kappa shape index (κ1) is 17.0. The average Bonchev–Trinajstić information content (AvgIpc) is 2.65. The minimum atomic E-state index is -0.166. The molecular weight excluding hydrogens is 380 g/mol. The van der Waals surface area contributed by atoms with E-state index in [0.717, 1.165) is 15.4 Å². The molecule has 0 unspecified atom stereocenters. The van der Waals surface area contributed by atoms with E-state index in [2.05, 4.69) is 38.1 Å². The van der Waals surface area contributed by atoms with Crippen LogP contribution in [0.15, 0.2) is 65.3 Å². The number of rotatable bonds is 4. The molecule has 0 saturated carbocycles. The molecule has 5 heteroatoms. The Morgan fingerprint density at radius 2 is 1.92 bits per heavy atom. The summed E-state index contributed by atoms with van der Waals surface area (Å²) in [6.45, 7) is 0.498. The molecule has 0 fully saturated rings. The summed E-state index contributed by atoms with van der Waals surface area (Å²) in [6.07, 6.45) is 1.73. The number of pyridine rings is 1. The molecule has 1 amide bonds. The molecule has 25 heavy (non-hydrogen) atoms. The van der Waals surface area contributed by atoms with Crippen molar-refractivity contribution in [2.75, 3.05) is 13.2 Å². The van der Waals surface area contributed by atoms with Gasteiger partial charge in [-0.3, -0.25) is 9.78 Å². The Balaban J connectivity index is 1.52. The van der Waals surface area contributed by atoms with E-state index in [9.17, 15) is 4.79 Å². The van der Waals surface area contributed by atoms with E-state index in [4.69, 9.17) is 4.74 Å². The molecule has 4 nitrogen and oxygen atoms in total. The molecule has 0 aliphatic heterocycles. The van der Waals surface area contributed by atoms with Gasteiger partial charge in [-0.25, -0.2) is 0 Å². The number of fused-ring (bicyclic) bond motifs is 1. The minimum absolute atomic E-state index is 0.166. The van der Waals surface area contributed by atoms with Crippen molar-refractivity contribution in [1.29, 1.82) is 0 Å². The number of para-hydroxylation sites is 1. The van der Waals surface area contributed by atoms with Crippen molar-refractivity contribution < 1.29 is 9.53 Å². The molecule has 0 aliphatic rings. The lowest BCUT2D eigenvalue weighted by Gasteiger charge is -2.05. The Kier molecular flexibility index (Phi) is 5.65. The predicted octanol–water partition coefficient (Wildman–Crippen LogP) is 3.81. The van der Waals surface area contributed by atoms with Crippen LogP contribution in [0.3, 0.4) is 0 Å². The fourth-order valence-corrected chi connectivity index (χ4v) is 2.75. The molecule has 3 aromatic rings. The number of nitrogens with zero attached hydrogens (tertiary/aromatic N) is 1. The summed E-state index contributed by atoms with van der Waals surface area (Å²) in [4.78, 5) is 16.3. The third-order valence-corrected chi connectivity index (χ3v) is 4.17. The highest BCUT2D eigenvalue weighted by Gasteiger charge is 2.07. The van der Waals surface area contributed by atoms with Gasteiger partial charge in [0.2, 0.25) is 0 Å². The highest BCUT2D eigenvalue weighted by atomic mass is 79.9. The third kappa shape index (κ3) is 4.37. The molecule has 1 N–H and O–H groups in total. The van der Waals surface area contributed by atoms with Crippen molar-refractivity contribution in [1.82, 2.24) is 10.3 Å². The van der Waals surface area contributed by atoms with Gasteiger partial charge in [-0.2, -0.15) is 0 Å². The van der Waals surface area contributed by atoms with E-state index in [1.54, 1.807) is 12.3 Å². The summed E-state index contributed by atoms with van der Waals surface area (Å²) < 4.78 is 6.43. The monoisotopic (exact) mass is 394 g/mol. The van der Waals surface area contributed by atoms with Gasteiger partial charge in [0.05, 0.1) is 12.1 Å². The van der Waals surface area contributed by atoms with Crippen LogP contribution in [-0.2, 0) is 0 Å². The van der Waals surface area contributed by atoms with Gasteiger partial charge in [-0.15, -0.1) is 0 Å². The van der Waals surface area contributed by atoms with E-state index in [1.807, 2.05) is 48.5 Å². The van der Waals surface area contributed by atoms with Crippen LogP contribution in [0.25, 0.3) is 10.9 Å². The summed E-state index contributed by atoms with van der Waals surface area (Å²) in [5, 5.41) is 3.78. The van der Waals surface area contributed by atoms with Gasteiger partial charge in [0, 0.05) is 16.1 Å². The maximum Gasteiger partial charge on any atom is 0.253 e. The SMILES string of the molecule is O=C(NCC#CCOc1cccc2cccnc12)c1ccccc1Br. The number of ether oxygens (including phenoxy) is 1. The number of aromatic nitrogens is 1. The molecular formula is C20H15BrN2O2. The molecule has 0 aliphatic carbocycles. The maximum atomic E-state index is 12.0. The fraction of sp³-hybridized carbons (Fsp3) is 0.100. The van der Waals surface area contributed by atoms with Crippen molar-refractivity contribution in [3.63, 3.8) is 0 Å². The molecule has 0 radical (unpaired) electrons. The van der Waals surface area contributed by atoms with Crippen molar-refractivity contribution in [3.05, 3.63) is 70.8 Å².